The minimum absolute atomic E-state index is 0.494. The number of ether oxygens (including phenoxy) is 1. The van der Waals surface area contributed by atoms with Crippen LogP contribution >= 0.6 is 0 Å². The van der Waals surface area contributed by atoms with Crippen LogP contribution in [0.2, 0.25) is 0 Å². The Labute approximate surface area is 92.7 Å². The Morgan fingerprint density at radius 2 is 2.38 bits per heavy atom. The molecular formula is C10H12N4O2. The summed E-state index contributed by atoms with van der Waals surface area (Å²) < 4.78 is 10.0. The molecule has 2 aromatic rings. The Morgan fingerprint density at radius 3 is 3.06 bits per heavy atom. The van der Waals surface area contributed by atoms with Gasteiger partial charge >= 0.3 is 0 Å². The van der Waals surface area contributed by atoms with Crippen molar-refractivity contribution in [2.75, 3.05) is 12.4 Å². The number of hydrogen-bond acceptors (Lipinski definition) is 6. The van der Waals surface area contributed by atoms with E-state index in [9.17, 15) is 0 Å². The number of nitrogens with zero attached hydrogens (tertiary/aromatic N) is 3. The number of rotatable bonds is 4. The fourth-order valence-corrected chi connectivity index (χ4v) is 1.21. The summed E-state index contributed by atoms with van der Waals surface area (Å²) in [6, 6.07) is 3.54. The second-order valence-electron chi connectivity index (χ2n) is 3.21. The molecule has 0 saturated heterocycles. The molecule has 6 nitrogen and oxygen atoms in total. The number of anilines is 1. The normalized spacial score (nSPS) is 10.1. The van der Waals surface area contributed by atoms with Gasteiger partial charge in [-0.3, -0.25) is 0 Å². The molecular weight excluding hydrogens is 208 g/mol. The molecule has 0 aromatic carbocycles. The highest BCUT2D eigenvalue weighted by atomic mass is 16.5. The van der Waals surface area contributed by atoms with Gasteiger partial charge < -0.3 is 14.6 Å². The fraction of sp³-hybridized carbons (Fsp3) is 0.300. The Kier molecular flexibility index (Phi) is 3.00. The van der Waals surface area contributed by atoms with Crippen molar-refractivity contribution >= 4 is 5.95 Å². The molecule has 0 atom stereocenters. The lowest BCUT2D eigenvalue weighted by molar-refractivity contribution is 0.383. The van der Waals surface area contributed by atoms with Gasteiger partial charge in [-0.05, 0) is 6.92 Å². The van der Waals surface area contributed by atoms with Crippen molar-refractivity contribution in [2.24, 2.45) is 0 Å². The largest absolute Gasteiger partial charge is 0.481 e. The van der Waals surface area contributed by atoms with E-state index in [1.54, 1.807) is 19.4 Å². The summed E-state index contributed by atoms with van der Waals surface area (Å²) in [6.45, 7) is 2.36. The third-order valence-corrected chi connectivity index (χ3v) is 1.94. The van der Waals surface area contributed by atoms with Crippen LogP contribution in [0.25, 0.3) is 0 Å². The molecule has 0 aliphatic rings. The average Bonchev–Trinajstić information content (AvgIpc) is 2.73. The van der Waals surface area contributed by atoms with E-state index in [4.69, 9.17) is 9.26 Å². The highest BCUT2D eigenvalue weighted by molar-refractivity contribution is 5.28. The molecule has 2 rings (SSSR count). The molecule has 0 unspecified atom stereocenters. The monoisotopic (exact) mass is 220 g/mol. The Balaban J connectivity index is 1.99. The van der Waals surface area contributed by atoms with Crippen LogP contribution in [0.5, 0.6) is 5.88 Å². The van der Waals surface area contributed by atoms with E-state index in [0.29, 0.717) is 18.4 Å². The molecule has 6 heteroatoms. The molecule has 0 bridgehead atoms. The molecule has 0 radical (unpaired) electrons. The Morgan fingerprint density at radius 1 is 1.50 bits per heavy atom. The lowest BCUT2D eigenvalue weighted by Crippen LogP contribution is -2.03. The van der Waals surface area contributed by atoms with E-state index >= 15 is 0 Å². The number of aromatic nitrogens is 3. The fourth-order valence-electron chi connectivity index (χ4n) is 1.21. The predicted molar refractivity (Wildman–Crippen MR) is 57.2 cm³/mol. The first kappa shape index (κ1) is 10.4. The SMILES string of the molecule is COc1ccnc(NCc2cc(C)no2)n1. The van der Waals surface area contributed by atoms with Gasteiger partial charge in [-0.1, -0.05) is 5.16 Å². The van der Waals surface area contributed by atoms with E-state index < -0.39 is 0 Å². The second kappa shape index (κ2) is 4.61. The maximum absolute atomic E-state index is 5.04. The molecule has 84 valence electrons. The maximum atomic E-state index is 5.04. The van der Waals surface area contributed by atoms with Gasteiger partial charge in [0, 0.05) is 18.3 Å². The zero-order valence-corrected chi connectivity index (χ0v) is 9.10. The second-order valence-corrected chi connectivity index (χ2v) is 3.21. The molecule has 2 aromatic heterocycles. The quantitative estimate of drug-likeness (QED) is 0.839. The van der Waals surface area contributed by atoms with E-state index in [1.165, 1.54) is 0 Å². The van der Waals surface area contributed by atoms with Crippen molar-refractivity contribution in [2.45, 2.75) is 13.5 Å². The Bertz CT molecular complexity index is 469. The highest BCUT2D eigenvalue weighted by Gasteiger charge is 2.02. The topological polar surface area (TPSA) is 73.1 Å². The average molecular weight is 220 g/mol. The van der Waals surface area contributed by atoms with Crippen molar-refractivity contribution in [3.8, 4) is 5.88 Å². The van der Waals surface area contributed by atoms with Gasteiger partial charge in [0.25, 0.3) is 0 Å². The van der Waals surface area contributed by atoms with Gasteiger partial charge in [-0.15, -0.1) is 0 Å². The van der Waals surface area contributed by atoms with Gasteiger partial charge in [0.15, 0.2) is 5.76 Å². The van der Waals surface area contributed by atoms with E-state index in [1.807, 2.05) is 13.0 Å². The maximum Gasteiger partial charge on any atom is 0.226 e. The van der Waals surface area contributed by atoms with Crippen LogP contribution in [0.3, 0.4) is 0 Å². The molecule has 0 fully saturated rings. The lowest BCUT2D eigenvalue weighted by Gasteiger charge is -2.03. The Hall–Kier alpha value is -2.11. The molecule has 0 aliphatic heterocycles. The summed E-state index contributed by atoms with van der Waals surface area (Å²) in [6.07, 6.45) is 1.62. The van der Waals surface area contributed by atoms with Gasteiger partial charge in [0.05, 0.1) is 19.3 Å². The van der Waals surface area contributed by atoms with Crippen LogP contribution in [-0.4, -0.2) is 22.2 Å². The first-order valence-electron chi connectivity index (χ1n) is 4.81. The van der Waals surface area contributed by atoms with Crippen molar-refractivity contribution in [1.29, 1.82) is 0 Å². The zero-order valence-electron chi connectivity index (χ0n) is 9.10. The minimum Gasteiger partial charge on any atom is -0.481 e. The zero-order chi connectivity index (χ0) is 11.4. The summed E-state index contributed by atoms with van der Waals surface area (Å²) >= 11 is 0. The van der Waals surface area contributed by atoms with Crippen molar-refractivity contribution < 1.29 is 9.26 Å². The summed E-state index contributed by atoms with van der Waals surface area (Å²) in [4.78, 5) is 8.15. The third kappa shape index (κ3) is 2.47. The number of aryl methyl sites for hydroxylation is 1. The summed E-state index contributed by atoms with van der Waals surface area (Å²) in [5.41, 5.74) is 0.850. The van der Waals surface area contributed by atoms with Crippen LogP contribution in [0, 0.1) is 6.92 Å². The predicted octanol–water partition coefficient (Wildman–Crippen LogP) is 1.39. The first-order valence-corrected chi connectivity index (χ1v) is 4.81. The molecule has 0 amide bonds. The van der Waals surface area contributed by atoms with Crippen molar-refractivity contribution in [1.82, 2.24) is 15.1 Å². The number of methoxy groups -OCH3 is 1. The molecule has 0 spiro atoms. The van der Waals surface area contributed by atoms with Crippen molar-refractivity contribution in [3.63, 3.8) is 0 Å². The molecule has 1 N–H and O–H groups in total. The standard InChI is InChI=1S/C10H12N4O2/c1-7-5-8(16-14-7)6-12-10-11-4-3-9(13-10)15-2/h3-5H,6H2,1-2H3,(H,11,12,13). The van der Waals surface area contributed by atoms with E-state index in [-0.39, 0.29) is 0 Å². The summed E-state index contributed by atoms with van der Waals surface area (Å²) in [7, 11) is 1.56. The molecule has 0 aliphatic carbocycles. The number of nitrogens with one attached hydrogen (secondary N) is 1. The van der Waals surface area contributed by atoms with Gasteiger partial charge in [0.1, 0.15) is 0 Å². The van der Waals surface area contributed by atoms with Crippen LogP contribution in [-0.2, 0) is 6.54 Å². The van der Waals surface area contributed by atoms with Gasteiger partial charge in [-0.2, -0.15) is 4.98 Å². The van der Waals surface area contributed by atoms with Crippen LogP contribution < -0.4 is 10.1 Å². The van der Waals surface area contributed by atoms with Crippen LogP contribution in [0.4, 0.5) is 5.95 Å². The summed E-state index contributed by atoms with van der Waals surface area (Å²) in [5, 5.41) is 6.80. The van der Waals surface area contributed by atoms with Gasteiger partial charge in [-0.25, -0.2) is 4.98 Å². The first-order chi connectivity index (χ1) is 7.78. The smallest absolute Gasteiger partial charge is 0.226 e. The summed E-state index contributed by atoms with van der Waals surface area (Å²) in [5.74, 6) is 1.75. The molecule has 2 heterocycles. The highest BCUT2D eigenvalue weighted by Crippen LogP contribution is 2.09. The minimum atomic E-state index is 0.494. The third-order valence-electron chi connectivity index (χ3n) is 1.94. The van der Waals surface area contributed by atoms with E-state index in [0.717, 1.165) is 11.5 Å². The molecule has 0 saturated carbocycles. The molecule has 16 heavy (non-hydrogen) atoms. The van der Waals surface area contributed by atoms with Crippen LogP contribution in [0.1, 0.15) is 11.5 Å². The number of hydrogen-bond donors (Lipinski definition) is 1. The lowest BCUT2D eigenvalue weighted by atomic mass is 10.4. The van der Waals surface area contributed by atoms with Crippen molar-refractivity contribution in [3.05, 3.63) is 29.8 Å². The van der Waals surface area contributed by atoms with Crippen LogP contribution in [0.15, 0.2) is 22.9 Å². The van der Waals surface area contributed by atoms with E-state index in [2.05, 4.69) is 20.4 Å². The van der Waals surface area contributed by atoms with Gasteiger partial charge in [0.2, 0.25) is 11.8 Å².